The maximum atomic E-state index is 13.1. The number of likely N-dealkylation sites (tertiary alicyclic amines) is 1. The molecule has 0 saturated carbocycles. The van der Waals surface area contributed by atoms with E-state index in [0.29, 0.717) is 31.2 Å². The van der Waals surface area contributed by atoms with Gasteiger partial charge in [-0.1, -0.05) is 30.7 Å². The maximum Gasteiger partial charge on any atom is 0.264 e. The van der Waals surface area contributed by atoms with Crippen molar-refractivity contribution >= 4 is 45.0 Å². The molecule has 1 aromatic carbocycles. The Balaban J connectivity index is 1.46. The van der Waals surface area contributed by atoms with Gasteiger partial charge in [-0.05, 0) is 49.9 Å². The first kappa shape index (κ1) is 21.8. The quantitative estimate of drug-likeness (QED) is 0.591. The highest BCUT2D eigenvalue weighted by molar-refractivity contribution is 7.20. The van der Waals surface area contributed by atoms with Crippen molar-refractivity contribution in [2.45, 2.75) is 39.7 Å². The number of halogens is 1. The molecule has 1 N–H and O–H groups in total. The molecule has 2 amide bonds. The zero-order valence-electron chi connectivity index (χ0n) is 17.9. The Morgan fingerprint density at radius 3 is 2.61 bits per heavy atom. The van der Waals surface area contributed by atoms with E-state index in [9.17, 15) is 9.59 Å². The van der Waals surface area contributed by atoms with Crippen molar-refractivity contribution in [3.05, 3.63) is 51.5 Å². The monoisotopic (exact) mass is 458 g/mol. The van der Waals surface area contributed by atoms with Gasteiger partial charge in [-0.25, -0.2) is 0 Å². The summed E-state index contributed by atoms with van der Waals surface area (Å²) in [5, 5.41) is 9.36. The highest BCUT2D eigenvalue weighted by atomic mass is 35.5. The molecule has 3 aromatic rings. The van der Waals surface area contributed by atoms with Gasteiger partial charge in [-0.3, -0.25) is 14.3 Å². The molecule has 3 heterocycles. The molecule has 0 bridgehead atoms. The Morgan fingerprint density at radius 1 is 1.23 bits per heavy atom. The number of hydrogen-bond donors (Lipinski definition) is 1. The van der Waals surface area contributed by atoms with Gasteiger partial charge in [0, 0.05) is 36.0 Å². The predicted molar refractivity (Wildman–Crippen MR) is 125 cm³/mol. The number of thiophene rings is 1. The Bertz CT molecular complexity index is 1080. The Hall–Kier alpha value is -2.38. The first-order chi connectivity index (χ1) is 15.0. The second kappa shape index (κ2) is 9.40. The van der Waals surface area contributed by atoms with Crippen LogP contribution in [-0.4, -0.2) is 46.1 Å². The molecule has 1 saturated heterocycles. The summed E-state index contributed by atoms with van der Waals surface area (Å²) in [5.74, 6) is 0.174. The molecule has 1 fully saturated rings. The van der Waals surface area contributed by atoms with Crippen LogP contribution < -0.4 is 5.32 Å². The number of carbonyl (C=O) groups is 2. The normalized spacial score (nSPS) is 14.9. The molecule has 1 aliphatic heterocycles. The molecule has 6 nitrogen and oxygen atoms in total. The van der Waals surface area contributed by atoms with E-state index >= 15 is 0 Å². The number of benzene rings is 1. The van der Waals surface area contributed by atoms with Crippen molar-refractivity contribution in [1.82, 2.24) is 20.0 Å². The average Bonchev–Trinajstić information content (AvgIpc) is 3.34. The van der Waals surface area contributed by atoms with Crippen LogP contribution in [0.5, 0.6) is 0 Å². The van der Waals surface area contributed by atoms with E-state index in [4.69, 9.17) is 11.6 Å². The summed E-state index contributed by atoms with van der Waals surface area (Å²) in [4.78, 5) is 28.9. The molecule has 164 valence electrons. The summed E-state index contributed by atoms with van der Waals surface area (Å²) < 4.78 is 1.96. The van der Waals surface area contributed by atoms with E-state index in [0.717, 1.165) is 45.6 Å². The first-order valence-corrected chi connectivity index (χ1v) is 11.9. The van der Waals surface area contributed by atoms with Crippen molar-refractivity contribution in [2.75, 3.05) is 19.6 Å². The summed E-state index contributed by atoms with van der Waals surface area (Å²) in [6, 6.07) is 9.69. The molecule has 31 heavy (non-hydrogen) atoms. The highest BCUT2D eigenvalue weighted by Gasteiger charge is 2.29. The van der Waals surface area contributed by atoms with Gasteiger partial charge >= 0.3 is 0 Å². The van der Waals surface area contributed by atoms with Crippen LogP contribution in [0, 0.1) is 12.8 Å². The fourth-order valence-electron chi connectivity index (χ4n) is 3.98. The minimum atomic E-state index is 0.00758. The molecule has 8 heteroatoms. The van der Waals surface area contributed by atoms with Gasteiger partial charge in [0.2, 0.25) is 5.91 Å². The number of rotatable bonds is 6. The average molecular weight is 459 g/mol. The molecule has 4 rings (SSSR count). The molecule has 0 spiro atoms. The lowest BCUT2D eigenvalue weighted by atomic mass is 9.95. The smallest absolute Gasteiger partial charge is 0.264 e. The minimum Gasteiger partial charge on any atom is -0.356 e. The van der Waals surface area contributed by atoms with E-state index in [-0.39, 0.29) is 17.7 Å². The van der Waals surface area contributed by atoms with Crippen LogP contribution in [0.2, 0.25) is 5.02 Å². The number of aromatic nitrogens is 2. The summed E-state index contributed by atoms with van der Waals surface area (Å²) in [7, 11) is 0. The Labute approximate surface area is 191 Å². The van der Waals surface area contributed by atoms with Crippen molar-refractivity contribution in [2.24, 2.45) is 5.92 Å². The second-order valence-corrected chi connectivity index (χ2v) is 9.52. The lowest BCUT2D eigenvalue weighted by Gasteiger charge is -2.31. The molecular formula is C23H27ClN4O2S. The zero-order valence-corrected chi connectivity index (χ0v) is 19.4. The third-order valence-electron chi connectivity index (χ3n) is 5.77. The van der Waals surface area contributed by atoms with Gasteiger partial charge in [0.25, 0.3) is 5.91 Å². The predicted octanol–water partition coefficient (Wildman–Crippen LogP) is 4.49. The number of fused-ring (bicyclic) bond motifs is 1. The number of piperidine rings is 1. The van der Waals surface area contributed by atoms with Crippen molar-refractivity contribution in [1.29, 1.82) is 0 Å². The van der Waals surface area contributed by atoms with Crippen LogP contribution in [0.15, 0.2) is 30.3 Å². The van der Waals surface area contributed by atoms with Crippen LogP contribution in [0.4, 0.5) is 0 Å². The topological polar surface area (TPSA) is 67.2 Å². The lowest BCUT2D eigenvalue weighted by molar-refractivity contribution is -0.126. The van der Waals surface area contributed by atoms with Crippen molar-refractivity contribution < 1.29 is 9.59 Å². The molecular weight excluding hydrogens is 432 g/mol. The van der Waals surface area contributed by atoms with Gasteiger partial charge in [0.1, 0.15) is 4.83 Å². The van der Waals surface area contributed by atoms with Crippen LogP contribution in [0.25, 0.3) is 10.2 Å². The standard InChI is InChI=1S/C23H27ClN4O2S/c1-3-10-25-21(29)17-8-11-27(12-9-17)22(30)20-13-19-15(2)26-28(23(19)31-20)14-16-4-6-18(24)7-5-16/h4-7,13,17H,3,8-12,14H2,1-2H3,(H,25,29). The summed E-state index contributed by atoms with van der Waals surface area (Å²) in [6.45, 7) is 6.60. The number of amides is 2. The third kappa shape index (κ3) is 4.77. The van der Waals surface area contributed by atoms with Gasteiger partial charge in [-0.2, -0.15) is 5.10 Å². The molecule has 0 aliphatic carbocycles. The maximum absolute atomic E-state index is 13.1. The minimum absolute atomic E-state index is 0.00758. The van der Waals surface area contributed by atoms with E-state index in [1.807, 2.05) is 53.8 Å². The number of nitrogens with zero attached hydrogens (tertiary/aromatic N) is 3. The number of hydrogen-bond acceptors (Lipinski definition) is 4. The van der Waals surface area contributed by atoms with Crippen LogP contribution >= 0.6 is 22.9 Å². The number of aryl methyl sites for hydroxylation is 1. The van der Waals surface area contributed by atoms with Gasteiger partial charge in [-0.15, -0.1) is 11.3 Å². The Morgan fingerprint density at radius 2 is 1.94 bits per heavy atom. The summed E-state index contributed by atoms with van der Waals surface area (Å²) in [5.41, 5.74) is 2.03. The SMILES string of the molecule is CCCNC(=O)C1CCN(C(=O)c2cc3c(C)nn(Cc4ccc(Cl)cc4)c3s2)CC1. The molecule has 2 aromatic heterocycles. The summed E-state index contributed by atoms with van der Waals surface area (Å²) in [6.07, 6.45) is 2.37. The first-order valence-electron chi connectivity index (χ1n) is 10.7. The zero-order chi connectivity index (χ0) is 22.0. The lowest BCUT2D eigenvalue weighted by Crippen LogP contribution is -2.43. The number of carbonyl (C=O) groups excluding carboxylic acids is 2. The van der Waals surface area contributed by atoms with Crippen LogP contribution in [-0.2, 0) is 11.3 Å². The fourth-order valence-corrected chi connectivity index (χ4v) is 5.24. The van der Waals surface area contributed by atoms with Crippen LogP contribution in [0.3, 0.4) is 0 Å². The van der Waals surface area contributed by atoms with Crippen LogP contribution in [0.1, 0.15) is 47.1 Å². The third-order valence-corrected chi connectivity index (χ3v) is 7.15. The van der Waals surface area contributed by atoms with Gasteiger partial charge in [0.05, 0.1) is 17.1 Å². The number of nitrogens with one attached hydrogen (secondary N) is 1. The van der Waals surface area contributed by atoms with Gasteiger partial charge in [0.15, 0.2) is 0 Å². The van der Waals surface area contributed by atoms with E-state index in [1.54, 1.807) is 0 Å². The molecule has 0 unspecified atom stereocenters. The Kier molecular flexibility index (Phi) is 6.62. The van der Waals surface area contributed by atoms with Crippen molar-refractivity contribution in [3.8, 4) is 0 Å². The summed E-state index contributed by atoms with van der Waals surface area (Å²) >= 11 is 7.48. The largest absolute Gasteiger partial charge is 0.356 e. The second-order valence-electron chi connectivity index (χ2n) is 8.06. The fraction of sp³-hybridized carbons (Fsp3) is 0.435. The highest BCUT2D eigenvalue weighted by Crippen LogP contribution is 2.31. The molecule has 0 atom stereocenters. The molecule has 0 radical (unpaired) electrons. The van der Waals surface area contributed by atoms with Crippen molar-refractivity contribution in [3.63, 3.8) is 0 Å². The van der Waals surface area contributed by atoms with Gasteiger partial charge < -0.3 is 10.2 Å². The van der Waals surface area contributed by atoms with E-state index in [1.165, 1.54) is 11.3 Å². The van der Waals surface area contributed by atoms with E-state index < -0.39 is 0 Å². The van der Waals surface area contributed by atoms with E-state index in [2.05, 4.69) is 10.4 Å². The molecule has 1 aliphatic rings.